The van der Waals surface area contributed by atoms with Gasteiger partial charge in [-0.1, -0.05) is 47.7 Å². The second-order valence-corrected chi connectivity index (χ2v) is 13.5. The standard InChI is InChI=1S/C33H33N7O4S/c1-3-38-14-15-39(45(43,44)31-13-5-4-12-30(31)38)20-22-8-6-9-23(16-22)24-10-7-11-25(17-24)40-32(28(19-34-40)33(41)42)27-18-26(27)29-21-37(2)36-35-29/h4-13,16-17,19,21,26-27H,3,14-15,18,20H2,1-2H3,(H,41,42)/t26-,27-/m1/s1. The maximum atomic E-state index is 13.7. The predicted molar refractivity (Wildman–Crippen MR) is 169 cm³/mol. The molecule has 2 aromatic heterocycles. The fourth-order valence-electron chi connectivity index (χ4n) is 6.36. The molecular formula is C33H33N7O4S. The Labute approximate surface area is 261 Å². The first-order chi connectivity index (χ1) is 21.7. The van der Waals surface area contributed by atoms with Crippen LogP contribution in [0.5, 0.6) is 0 Å². The van der Waals surface area contributed by atoms with Crippen LogP contribution in [0.3, 0.4) is 0 Å². The number of likely N-dealkylation sites (N-methyl/N-ethyl adjacent to an activating group) is 1. The average molecular weight is 624 g/mol. The molecule has 11 nitrogen and oxygen atoms in total. The van der Waals surface area contributed by atoms with Crippen molar-refractivity contribution in [3.8, 4) is 16.8 Å². The maximum absolute atomic E-state index is 13.7. The third-order valence-corrected chi connectivity index (χ3v) is 10.6. The monoisotopic (exact) mass is 623 g/mol. The molecule has 1 N–H and O–H groups in total. The summed E-state index contributed by atoms with van der Waals surface area (Å²) in [7, 11) is -1.88. The third kappa shape index (κ3) is 5.29. The third-order valence-electron chi connectivity index (χ3n) is 8.71. The van der Waals surface area contributed by atoms with Crippen LogP contribution in [0.25, 0.3) is 16.8 Å². The number of rotatable bonds is 8. The molecule has 5 aromatic rings. The van der Waals surface area contributed by atoms with E-state index >= 15 is 0 Å². The van der Waals surface area contributed by atoms with Gasteiger partial charge in [0.1, 0.15) is 10.5 Å². The molecule has 12 heteroatoms. The number of aryl methyl sites for hydroxylation is 1. The van der Waals surface area contributed by atoms with Gasteiger partial charge in [-0.05, 0) is 60.4 Å². The van der Waals surface area contributed by atoms with Crippen LogP contribution in [0, 0.1) is 0 Å². The van der Waals surface area contributed by atoms with Gasteiger partial charge in [-0.3, -0.25) is 4.68 Å². The van der Waals surface area contributed by atoms with E-state index in [0.29, 0.717) is 23.7 Å². The molecule has 1 aliphatic heterocycles. The van der Waals surface area contributed by atoms with E-state index in [9.17, 15) is 18.3 Å². The zero-order chi connectivity index (χ0) is 31.3. The molecule has 0 amide bonds. The van der Waals surface area contributed by atoms with E-state index in [1.807, 2.05) is 80.8 Å². The van der Waals surface area contributed by atoms with E-state index in [-0.39, 0.29) is 23.9 Å². The lowest BCUT2D eigenvalue weighted by molar-refractivity contribution is 0.0695. The number of aromatic nitrogens is 5. The number of sulfonamides is 1. The van der Waals surface area contributed by atoms with Gasteiger partial charge in [0, 0.05) is 51.3 Å². The number of carboxylic acid groups (broad SMARTS) is 1. The normalized spacial score (nSPS) is 19.2. The molecule has 3 aromatic carbocycles. The summed E-state index contributed by atoms with van der Waals surface area (Å²) in [5, 5.41) is 22.8. The van der Waals surface area contributed by atoms with E-state index < -0.39 is 16.0 Å². The predicted octanol–water partition coefficient (Wildman–Crippen LogP) is 4.67. The molecular weight excluding hydrogens is 590 g/mol. The largest absolute Gasteiger partial charge is 0.478 e. The minimum Gasteiger partial charge on any atom is -0.478 e. The van der Waals surface area contributed by atoms with Crippen LogP contribution in [0.4, 0.5) is 5.69 Å². The average Bonchev–Trinajstić information content (AvgIpc) is 3.52. The van der Waals surface area contributed by atoms with Crippen molar-refractivity contribution in [2.45, 2.75) is 36.6 Å². The van der Waals surface area contributed by atoms with Gasteiger partial charge in [0.15, 0.2) is 0 Å². The van der Waals surface area contributed by atoms with Crippen molar-refractivity contribution in [2.75, 3.05) is 24.5 Å². The lowest BCUT2D eigenvalue weighted by atomic mass is 10.0. The Kier molecular flexibility index (Phi) is 7.25. The molecule has 2 aliphatic rings. The van der Waals surface area contributed by atoms with Crippen LogP contribution in [0.15, 0.2) is 90.1 Å². The quantitative estimate of drug-likeness (QED) is 0.264. The fourth-order valence-corrected chi connectivity index (χ4v) is 7.99. The molecule has 1 fully saturated rings. The summed E-state index contributed by atoms with van der Waals surface area (Å²) in [5.74, 6) is -0.969. The summed E-state index contributed by atoms with van der Waals surface area (Å²) in [4.78, 5) is 14.6. The fraction of sp³-hybridized carbons (Fsp3) is 0.273. The summed E-state index contributed by atoms with van der Waals surface area (Å²) in [6, 6.07) is 22.9. The number of aromatic carboxylic acids is 1. The van der Waals surface area contributed by atoms with Crippen molar-refractivity contribution in [3.63, 3.8) is 0 Å². The minimum absolute atomic E-state index is 0.0355. The Bertz CT molecular complexity index is 2020. The Balaban J connectivity index is 1.18. The van der Waals surface area contributed by atoms with Gasteiger partial charge >= 0.3 is 5.97 Å². The summed E-state index contributed by atoms with van der Waals surface area (Å²) >= 11 is 0. The van der Waals surface area contributed by atoms with Gasteiger partial charge in [-0.25, -0.2) is 17.9 Å². The number of anilines is 1. The van der Waals surface area contributed by atoms with Crippen molar-refractivity contribution >= 4 is 21.7 Å². The first-order valence-electron chi connectivity index (χ1n) is 15.0. The molecule has 0 saturated heterocycles. The van der Waals surface area contributed by atoms with Gasteiger partial charge in [-0.2, -0.15) is 9.40 Å². The van der Waals surface area contributed by atoms with Crippen LogP contribution < -0.4 is 4.90 Å². The van der Waals surface area contributed by atoms with Gasteiger partial charge < -0.3 is 10.0 Å². The molecule has 7 rings (SSSR count). The maximum Gasteiger partial charge on any atom is 0.339 e. The van der Waals surface area contributed by atoms with Gasteiger partial charge in [0.05, 0.1) is 29.0 Å². The highest BCUT2D eigenvalue weighted by atomic mass is 32.2. The molecule has 3 heterocycles. The SMILES string of the molecule is CCN1CCN(Cc2cccc(-c3cccc(-n4ncc(C(=O)O)c4[C@@H]4C[C@H]4c4cn(C)nn4)c3)c2)S(=O)(=O)c2ccccc21. The van der Waals surface area contributed by atoms with Gasteiger partial charge in [0.2, 0.25) is 10.0 Å². The van der Waals surface area contributed by atoms with Crippen molar-refractivity contribution in [1.82, 2.24) is 29.1 Å². The minimum atomic E-state index is -3.69. The highest BCUT2D eigenvalue weighted by molar-refractivity contribution is 7.89. The van der Waals surface area contributed by atoms with Crippen molar-refractivity contribution < 1.29 is 18.3 Å². The summed E-state index contributed by atoms with van der Waals surface area (Å²) in [6.07, 6.45) is 4.05. The van der Waals surface area contributed by atoms with Gasteiger partial charge in [0.25, 0.3) is 0 Å². The zero-order valence-electron chi connectivity index (χ0n) is 25.0. The first kappa shape index (κ1) is 28.9. The van der Waals surface area contributed by atoms with E-state index in [2.05, 4.69) is 20.3 Å². The molecule has 230 valence electrons. The van der Waals surface area contributed by atoms with E-state index in [0.717, 1.165) is 46.7 Å². The van der Waals surface area contributed by atoms with E-state index in [1.165, 1.54) is 6.20 Å². The Morgan fingerprint density at radius 3 is 2.51 bits per heavy atom. The van der Waals surface area contributed by atoms with E-state index in [1.54, 1.807) is 25.8 Å². The molecule has 0 bridgehead atoms. The topological polar surface area (TPSA) is 126 Å². The number of carbonyl (C=O) groups is 1. The number of benzene rings is 3. The second-order valence-electron chi connectivity index (χ2n) is 11.6. The Morgan fingerprint density at radius 1 is 0.978 bits per heavy atom. The van der Waals surface area contributed by atoms with Crippen molar-refractivity contribution in [2.24, 2.45) is 7.05 Å². The highest BCUT2D eigenvalue weighted by Gasteiger charge is 2.46. The number of carboxylic acids is 1. The molecule has 0 unspecified atom stereocenters. The number of hydrogen-bond donors (Lipinski definition) is 1. The molecule has 0 radical (unpaired) electrons. The summed E-state index contributed by atoms with van der Waals surface area (Å²) in [6.45, 7) is 4.00. The summed E-state index contributed by atoms with van der Waals surface area (Å²) < 4.78 is 32.4. The lowest BCUT2D eigenvalue weighted by Crippen LogP contribution is -2.34. The second kappa shape index (κ2) is 11.3. The number of nitrogens with zero attached hydrogens (tertiary/aromatic N) is 7. The van der Waals surface area contributed by atoms with E-state index in [4.69, 9.17) is 0 Å². The van der Waals surface area contributed by atoms with Crippen LogP contribution in [-0.4, -0.2) is 68.2 Å². The van der Waals surface area contributed by atoms with Crippen LogP contribution in [-0.2, 0) is 23.6 Å². The van der Waals surface area contributed by atoms with Crippen LogP contribution >= 0.6 is 0 Å². The molecule has 0 spiro atoms. The molecule has 1 aliphatic carbocycles. The molecule has 1 saturated carbocycles. The Morgan fingerprint density at radius 2 is 1.76 bits per heavy atom. The van der Waals surface area contributed by atoms with Crippen molar-refractivity contribution in [1.29, 1.82) is 0 Å². The molecule has 45 heavy (non-hydrogen) atoms. The number of para-hydroxylation sites is 1. The lowest BCUT2D eigenvalue weighted by Gasteiger charge is -2.22. The van der Waals surface area contributed by atoms with Gasteiger partial charge in [-0.15, -0.1) is 5.10 Å². The van der Waals surface area contributed by atoms with Crippen LogP contribution in [0.2, 0.25) is 0 Å². The zero-order valence-corrected chi connectivity index (χ0v) is 25.8. The first-order valence-corrected chi connectivity index (χ1v) is 16.4. The Hall–Kier alpha value is -4.81. The highest BCUT2D eigenvalue weighted by Crippen LogP contribution is 2.55. The van der Waals surface area contributed by atoms with Crippen molar-refractivity contribution in [3.05, 3.63) is 108 Å². The smallest absolute Gasteiger partial charge is 0.339 e. The number of hydrogen-bond acceptors (Lipinski definition) is 7. The number of fused-ring (bicyclic) bond motifs is 1. The molecule has 2 atom stereocenters. The van der Waals surface area contributed by atoms with Crippen LogP contribution in [0.1, 0.15) is 52.5 Å². The summed E-state index contributed by atoms with van der Waals surface area (Å²) in [5.41, 5.74) is 5.87.